The van der Waals surface area contributed by atoms with Crippen LogP contribution in [-0.4, -0.2) is 12.1 Å². The van der Waals surface area contributed by atoms with Crippen molar-refractivity contribution in [1.29, 1.82) is 0 Å². The highest BCUT2D eigenvalue weighted by Crippen LogP contribution is 2.14. The van der Waals surface area contributed by atoms with Crippen molar-refractivity contribution in [2.75, 3.05) is 6.54 Å². The average Bonchev–Trinajstić information content (AvgIpc) is 2.38. The Labute approximate surface area is 129 Å². The van der Waals surface area contributed by atoms with Crippen LogP contribution in [0.25, 0.3) is 0 Å². The first-order valence-electron chi connectivity index (χ1n) is 9.20. The summed E-state index contributed by atoms with van der Waals surface area (Å²) in [6, 6.07) is 0. The molecule has 0 aromatic heterocycles. The molecule has 0 rings (SSSR count). The Morgan fingerprint density at radius 1 is 0.750 bits per heavy atom. The Hall–Kier alpha value is -0.0400. The summed E-state index contributed by atoms with van der Waals surface area (Å²) in [7, 11) is 0. The zero-order chi connectivity index (χ0) is 15.3. The van der Waals surface area contributed by atoms with Gasteiger partial charge in [-0.05, 0) is 39.7 Å². The highest BCUT2D eigenvalue weighted by Gasteiger charge is 2.10. The van der Waals surface area contributed by atoms with E-state index in [2.05, 4.69) is 39.9 Å². The predicted octanol–water partition coefficient (Wildman–Crippen LogP) is 6.32. The Kier molecular flexibility index (Phi) is 12.7. The minimum Gasteiger partial charge on any atom is -0.312 e. The summed E-state index contributed by atoms with van der Waals surface area (Å²) >= 11 is 0. The Balaban J connectivity index is 3.19. The highest BCUT2D eigenvalue weighted by atomic mass is 14.9. The molecule has 0 saturated heterocycles. The van der Waals surface area contributed by atoms with Gasteiger partial charge >= 0.3 is 0 Å². The Morgan fingerprint density at radius 2 is 1.20 bits per heavy atom. The van der Waals surface area contributed by atoms with Crippen LogP contribution in [0.4, 0.5) is 0 Å². The summed E-state index contributed by atoms with van der Waals surface area (Å²) < 4.78 is 0. The molecule has 122 valence electrons. The van der Waals surface area contributed by atoms with Crippen molar-refractivity contribution in [2.24, 2.45) is 5.92 Å². The van der Waals surface area contributed by atoms with Crippen LogP contribution in [0, 0.1) is 5.92 Å². The van der Waals surface area contributed by atoms with Gasteiger partial charge in [0.05, 0.1) is 0 Å². The monoisotopic (exact) mass is 283 g/mol. The number of nitrogens with one attached hydrogen (secondary N) is 1. The smallest absolute Gasteiger partial charge is 0.00966 e. The van der Waals surface area contributed by atoms with E-state index in [0.29, 0.717) is 0 Å². The Bertz CT molecular complexity index is 192. The molecule has 0 saturated carbocycles. The fourth-order valence-electron chi connectivity index (χ4n) is 2.56. The van der Waals surface area contributed by atoms with Gasteiger partial charge in [0.25, 0.3) is 0 Å². The topological polar surface area (TPSA) is 12.0 Å². The van der Waals surface area contributed by atoms with E-state index < -0.39 is 0 Å². The molecule has 1 N–H and O–H groups in total. The quantitative estimate of drug-likeness (QED) is 0.390. The van der Waals surface area contributed by atoms with E-state index in [1.54, 1.807) is 0 Å². The van der Waals surface area contributed by atoms with Crippen LogP contribution in [0.1, 0.15) is 105 Å². The van der Waals surface area contributed by atoms with Gasteiger partial charge in [-0.2, -0.15) is 0 Å². The van der Waals surface area contributed by atoms with Crippen molar-refractivity contribution < 1.29 is 0 Å². The van der Waals surface area contributed by atoms with E-state index >= 15 is 0 Å². The molecule has 0 radical (unpaired) electrons. The minimum absolute atomic E-state index is 0.270. The van der Waals surface area contributed by atoms with Crippen molar-refractivity contribution in [1.82, 2.24) is 5.32 Å². The maximum Gasteiger partial charge on any atom is 0.00966 e. The van der Waals surface area contributed by atoms with Crippen LogP contribution in [0.5, 0.6) is 0 Å². The first-order valence-corrected chi connectivity index (χ1v) is 9.20. The van der Waals surface area contributed by atoms with Crippen LogP contribution in [0.2, 0.25) is 0 Å². The number of hydrogen-bond acceptors (Lipinski definition) is 1. The van der Waals surface area contributed by atoms with E-state index in [-0.39, 0.29) is 5.54 Å². The van der Waals surface area contributed by atoms with Gasteiger partial charge in [0.15, 0.2) is 0 Å². The minimum atomic E-state index is 0.270. The normalized spacial score (nSPS) is 13.7. The molecule has 1 heteroatoms. The molecule has 0 aliphatic carbocycles. The van der Waals surface area contributed by atoms with Crippen LogP contribution < -0.4 is 5.32 Å². The lowest BCUT2D eigenvalue weighted by Gasteiger charge is -2.23. The zero-order valence-electron chi connectivity index (χ0n) is 15.1. The van der Waals surface area contributed by atoms with Crippen LogP contribution >= 0.6 is 0 Å². The predicted molar refractivity (Wildman–Crippen MR) is 93.4 cm³/mol. The second-order valence-corrected chi connectivity index (χ2v) is 7.71. The molecular formula is C19H41N. The van der Waals surface area contributed by atoms with Gasteiger partial charge in [0.2, 0.25) is 0 Å². The van der Waals surface area contributed by atoms with Gasteiger partial charge in [-0.3, -0.25) is 0 Å². The highest BCUT2D eigenvalue weighted by molar-refractivity contribution is 4.71. The van der Waals surface area contributed by atoms with Gasteiger partial charge in [-0.25, -0.2) is 0 Å². The molecule has 0 amide bonds. The van der Waals surface area contributed by atoms with Gasteiger partial charge in [-0.1, -0.05) is 78.1 Å². The summed E-state index contributed by atoms with van der Waals surface area (Å²) in [5.41, 5.74) is 0.270. The van der Waals surface area contributed by atoms with E-state index in [0.717, 1.165) is 5.92 Å². The second-order valence-electron chi connectivity index (χ2n) is 7.71. The number of rotatable bonds is 13. The molecule has 0 aromatic carbocycles. The molecule has 1 nitrogen and oxygen atoms in total. The summed E-state index contributed by atoms with van der Waals surface area (Å²) in [5.74, 6) is 0.822. The lowest BCUT2D eigenvalue weighted by Crippen LogP contribution is -2.38. The first kappa shape index (κ1) is 20.0. The SMILES string of the molecule is CCCCCCCCCCCCC(C)CNC(C)(C)C. The molecule has 1 atom stereocenters. The molecule has 1 unspecified atom stereocenters. The van der Waals surface area contributed by atoms with E-state index in [1.165, 1.54) is 77.2 Å². The molecule has 0 aliphatic heterocycles. The number of hydrogen-bond donors (Lipinski definition) is 1. The molecular weight excluding hydrogens is 242 g/mol. The lowest BCUT2D eigenvalue weighted by atomic mass is 10.00. The summed E-state index contributed by atoms with van der Waals surface area (Å²) in [6.07, 6.45) is 15.8. The molecule has 0 aliphatic rings. The van der Waals surface area contributed by atoms with Gasteiger partial charge in [0, 0.05) is 5.54 Å². The van der Waals surface area contributed by atoms with Crippen LogP contribution in [-0.2, 0) is 0 Å². The fraction of sp³-hybridized carbons (Fsp3) is 1.00. The first-order chi connectivity index (χ1) is 9.45. The number of unbranched alkanes of at least 4 members (excludes halogenated alkanes) is 9. The Morgan fingerprint density at radius 3 is 1.65 bits per heavy atom. The third-order valence-electron chi connectivity index (χ3n) is 4.03. The molecule has 0 bridgehead atoms. The van der Waals surface area contributed by atoms with Crippen molar-refractivity contribution >= 4 is 0 Å². The summed E-state index contributed by atoms with van der Waals surface area (Å²) in [4.78, 5) is 0. The van der Waals surface area contributed by atoms with Gasteiger partial charge < -0.3 is 5.32 Å². The van der Waals surface area contributed by atoms with Crippen molar-refractivity contribution in [3.05, 3.63) is 0 Å². The molecule has 20 heavy (non-hydrogen) atoms. The zero-order valence-corrected chi connectivity index (χ0v) is 15.1. The maximum absolute atomic E-state index is 3.61. The van der Waals surface area contributed by atoms with Gasteiger partial charge in [0.1, 0.15) is 0 Å². The van der Waals surface area contributed by atoms with E-state index in [1.807, 2.05) is 0 Å². The molecule has 0 spiro atoms. The van der Waals surface area contributed by atoms with Crippen LogP contribution in [0.15, 0.2) is 0 Å². The standard InChI is InChI=1S/C19H41N/c1-6-7-8-9-10-11-12-13-14-15-16-18(2)17-20-19(3,4)5/h18,20H,6-17H2,1-5H3. The molecule has 0 heterocycles. The lowest BCUT2D eigenvalue weighted by molar-refractivity contribution is 0.365. The largest absolute Gasteiger partial charge is 0.312 e. The van der Waals surface area contributed by atoms with E-state index in [4.69, 9.17) is 0 Å². The molecule has 0 fully saturated rings. The third-order valence-corrected chi connectivity index (χ3v) is 4.03. The van der Waals surface area contributed by atoms with E-state index in [9.17, 15) is 0 Å². The van der Waals surface area contributed by atoms with Gasteiger partial charge in [-0.15, -0.1) is 0 Å². The fourth-order valence-corrected chi connectivity index (χ4v) is 2.56. The van der Waals surface area contributed by atoms with Crippen molar-refractivity contribution in [3.63, 3.8) is 0 Å². The van der Waals surface area contributed by atoms with Crippen molar-refractivity contribution in [3.8, 4) is 0 Å². The maximum atomic E-state index is 3.61. The summed E-state index contributed by atoms with van der Waals surface area (Å²) in [6.45, 7) is 12.6. The average molecular weight is 284 g/mol. The summed E-state index contributed by atoms with van der Waals surface area (Å²) in [5, 5.41) is 3.61. The third kappa shape index (κ3) is 16.0. The van der Waals surface area contributed by atoms with Crippen LogP contribution in [0.3, 0.4) is 0 Å². The van der Waals surface area contributed by atoms with Crippen molar-refractivity contribution in [2.45, 2.75) is 111 Å². The molecule has 0 aromatic rings. The second kappa shape index (κ2) is 12.7.